The first-order valence-corrected chi connectivity index (χ1v) is 4.03. The van der Waals surface area contributed by atoms with Gasteiger partial charge in [-0.05, 0) is 31.2 Å². The maximum Gasteiger partial charge on any atom is -0.00488 e. The molecule has 1 fully saturated rings. The van der Waals surface area contributed by atoms with Crippen LogP contribution in [0.1, 0.15) is 32.6 Å². The highest BCUT2D eigenvalue weighted by molar-refractivity contribution is 5.85. The van der Waals surface area contributed by atoms with Gasteiger partial charge in [-0.2, -0.15) is 0 Å². The fraction of sp³-hybridized carbons (Fsp3) is 1.00. The van der Waals surface area contributed by atoms with E-state index in [1.54, 1.807) is 0 Å². The average Bonchev–Trinajstić information content (AvgIpc) is 1.88. The number of nitrogens with two attached hydrogens (primary N) is 1. The number of rotatable bonds is 1. The lowest BCUT2D eigenvalue weighted by molar-refractivity contribution is 0.288. The number of hydrogen-bond donors (Lipinski definition) is 1. The van der Waals surface area contributed by atoms with Crippen molar-refractivity contribution in [3.63, 3.8) is 0 Å². The monoisotopic (exact) mass is 163 g/mol. The predicted molar refractivity (Wildman–Crippen MR) is 47.4 cm³/mol. The fourth-order valence-electron chi connectivity index (χ4n) is 1.77. The zero-order valence-electron chi connectivity index (χ0n) is 6.68. The van der Waals surface area contributed by atoms with E-state index in [9.17, 15) is 0 Å². The topological polar surface area (TPSA) is 26.0 Å². The van der Waals surface area contributed by atoms with E-state index in [4.69, 9.17) is 5.73 Å². The van der Waals surface area contributed by atoms with Crippen LogP contribution in [0, 0.1) is 11.8 Å². The smallest absolute Gasteiger partial charge is 0.00488 e. The zero-order chi connectivity index (χ0) is 6.69. The lowest BCUT2D eigenvalue weighted by Crippen LogP contribution is -2.20. The molecule has 2 atom stereocenters. The second-order valence-corrected chi connectivity index (χ2v) is 3.37. The normalized spacial score (nSPS) is 33.0. The Hall–Kier alpha value is 0.250. The highest BCUT2D eigenvalue weighted by Gasteiger charge is 2.16. The lowest BCUT2D eigenvalue weighted by atomic mass is 9.83. The van der Waals surface area contributed by atoms with E-state index < -0.39 is 0 Å². The van der Waals surface area contributed by atoms with Crippen LogP contribution in [0.4, 0.5) is 0 Å². The first-order chi connectivity index (χ1) is 4.33. The molecule has 0 aromatic heterocycles. The summed E-state index contributed by atoms with van der Waals surface area (Å²) in [4.78, 5) is 0. The molecule has 62 valence electrons. The van der Waals surface area contributed by atoms with Gasteiger partial charge in [0.05, 0.1) is 0 Å². The fourth-order valence-corrected chi connectivity index (χ4v) is 1.77. The molecular weight excluding hydrogens is 146 g/mol. The van der Waals surface area contributed by atoms with Gasteiger partial charge in [-0.15, -0.1) is 12.4 Å². The molecule has 1 aliphatic carbocycles. The Bertz CT molecular complexity index is 85.3. The molecule has 0 aromatic rings. The van der Waals surface area contributed by atoms with Gasteiger partial charge < -0.3 is 5.73 Å². The van der Waals surface area contributed by atoms with Crippen molar-refractivity contribution in [3.8, 4) is 0 Å². The Balaban J connectivity index is 0.000000810. The van der Waals surface area contributed by atoms with Crippen molar-refractivity contribution in [2.24, 2.45) is 17.6 Å². The highest BCUT2D eigenvalue weighted by Crippen LogP contribution is 2.27. The van der Waals surface area contributed by atoms with Crippen LogP contribution in [-0.2, 0) is 0 Å². The van der Waals surface area contributed by atoms with Crippen LogP contribution >= 0.6 is 12.4 Å². The third-order valence-corrected chi connectivity index (χ3v) is 2.38. The van der Waals surface area contributed by atoms with Crippen LogP contribution < -0.4 is 5.73 Å². The van der Waals surface area contributed by atoms with Gasteiger partial charge in [0.15, 0.2) is 0 Å². The molecule has 1 rings (SSSR count). The summed E-state index contributed by atoms with van der Waals surface area (Å²) in [5, 5.41) is 0. The van der Waals surface area contributed by atoms with E-state index in [1.165, 1.54) is 25.7 Å². The molecule has 0 spiro atoms. The van der Waals surface area contributed by atoms with Crippen LogP contribution in [-0.4, -0.2) is 6.54 Å². The molecule has 1 saturated carbocycles. The summed E-state index contributed by atoms with van der Waals surface area (Å²) in [7, 11) is 0. The predicted octanol–water partition coefficient (Wildman–Crippen LogP) is 2.19. The van der Waals surface area contributed by atoms with Gasteiger partial charge in [0.1, 0.15) is 0 Å². The van der Waals surface area contributed by atoms with Crippen LogP contribution in [0.2, 0.25) is 0 Å². The molecule has 0 amide bonds. The summed E-state index contributed by atoms with van der Waals surface area (Å²) < 4.78 is 0. The third-order valence-electron chi connectivity index (χ3n) is 2.38. The van der Waals surface area contributed by atoms with Crippen molar-refractivity contribution in [2.45, 2.75) is 32.6 Å². The van der Waals surface area contributed by atoms with Crippen LogP contribution in [0.5, 0.6) is 0 Å². The van der Waals surface area contributed by atoms with Gasteiger partial charge in [0.25, 0.3) is 0 Å². The van der Waals surface area contributed by atoms with Gasteiger partial charge in [-0.3, -0.25) is 0 Å². The molecular formula is C8H18ClN. The first kappa shape index (κ1) is 10.2. The molecule has 1 nitrogen and oxygen atoms in total. The van der Waals surface area contributed by atoms with Gasteiger partial charge in [0, 0.05) is 0 Å². The average molecular weight is 164 g/mol. The number of hydrogen-bond acceptors (Lipinski definition) is 1. The van der Waals surface area contributed by atoms with E-state index in [0.717, 1.165) is 18.4 Å². The molecule has 0 aromatic carbocycles. The van der Waals surface area contributed by atoms with Crippen molar-refractivity contribution >= 4 is 12.4 Å². The van der Waals surface area contributed by atoms with Crippen molar-refractivity contribution in [2.75, 3.05) is 6.54 Å². The molecule has 1 aliphatic rings. The van der Waals surface area contributed by atoms with Gasteiger partial charge in [-0.25, -0.2) is 0 Å². The minimum Gasteiger partial charge on any atom is -0.330 e. The largest absolute Gasteiger partial charge is 0.330 e. The lowest BCUT2D eigenvalue weighted by Gasteiger charge is -2.25. The molecule has 0 heterocycles. The minimum atomic E-state index is 0. The summed E-state index contributed by atoms with van der Waals surface area (Å²) >= 11 is 0. The molecule has 0 bridgehead atoms. The van der Waals surface area contributed by atoms with Crippen LogP contribution in [0.25, 0.3) is 0 Å². The minimum absolute atomic E-state index is 0. The van der Waals surface area contributed by atoms with Crippen molar-refractivity contribution in [1.82, 2.24) is 0 Å². The summed E-state index contributed by atoms with van der Waals surface area (Å²) in [6.07, 6.45) is 5.58. The zero-order valence-corrected chi connectivity index (χ0v) is 7.49. The summed E-state index contributed by atoms with van der Waals surface area (Å²) in [6.45, 7) is 3.24. The summed E-state index contributed by atoms with van der Waals surface area (Å²) in [5.41, 5.74) is 5.57. The SMILES string of the molecule is CC1CCCC(CN)C1.Cl. The summed E-state index contributed by atoms with van der Waals surface area (Å²) in [5.74, 6) is 1.78. The van der Waals surface area contributed by atoms with E-state index in [-0.39, 0.29) is 12.4 Å². The summed E-state index contributed by atoms with van der Waals surface area (Å²) in [6, 6.07) is 0. The maximum atomic E-state index is 5.57. The second-order valence-electron chi connectivity index (χ2n) is 3.37. The molecule has 2 unspecified atom stereocenters. The van der Waals surface area contributed by atoms with E-state index in [0.29, 0.717) is 0 Å². The molecule has 0 aliphatic heterocycles. The maximum absolute atomic E-state index is 5.57. The molecule has 0 saturated heterocycles. The standard InChI is InChI=1S/C8H17N.ClH/c1-7-3-2-4-8(5-7)6-9;/h7-8H,2-6,9H2,1H3;1H. The second kappa shape index (κ2) is 4.97. The Kier molecular flexibility index (Phi) is 5.10. The van der Waals surface area contributed by atoms with Crippen molar-refractivity contribution in [1.29, 1.82) is 0 Å². The van der Waals surface area contributed by atoms with Gasteiger partial charge in [-0.1, -0.05) is 19.8 Å². The molecule has 2 heteroatoms. The van der Waals surface area contributed by atoms with Gasteiger partial charge in [0.2, 0.25) is 0 Å². The quantitative estimate of drug-likeness (QED) is 0.630. The Morgan fingerprint density at radius 1 is 1.40 bits per heavy atom. The first-order valence-electron chi connectivity index (χ1n) is 4.03. The Morgan fingerprint density at radius 2 is 2.10 bits per heavy atom. The van der Waals surface area contributed by atoms with Crippen LogP contribution in [0.15, 0.2) is 0 Å². The molecule has 10 heavy (non-hydrogen) atoms. The van der Waals surface area contributed by atoms with Crippen molar-refractivity contribution in [3.05, 3.63) is 0 Å². The highest BCUT2D eigenvalue weighted by atomic mass is 35.5. The molecule has 2 N–H and O–H groups in total. The molecule has 0 radical (unpaired) electrons. The van der Waals surface area contributed by atoms with E-state index in [2.05, 4.69) is 6.92 Å². The van der Waals surface area contributed by atoms with Crippen LogP contribution in [0.3, 0.4) is 0 Å². The Morgan fingerprint density at radius 3 is 2.50 bits per heavy atom. The van der Waals surface area contributed by atoms with Crippen molar-refractivity contribution < 1.29 is 0 Å². The number of halogens is 1. The van der Waals surface area contributed by atoms with Gasteiger partial charge >= 0.3 is 0 Å². The Labute approximate surface area is 69.8 Å². The van der Waals surface area contributed by atoms with E-state index >= 15 is 0 Å². The third kappa shape index (κ3) is 2.89. The van der Waals surface area contributed by atoms with E-state index in [1.807, 2.05) is 0 Å².